The van der Waals surface area contributed by atoms with E-state index in [0.29, 0.717) is 11.6 Å². The van der Waals surface area contributed by atoms with Crippen molar-refractivity contribution < 1.29 is 4.74 Å². The Morgan fingerprint density at radius 3 is 2.90 bits per heavy atom. The molecular weight excluding hydrogens is 266 g/mol. The van der Waals surface area contributed by atoms with Crippen molar-refractivity contribution in [2.45, 2.75) is 39.3 Å². The molecule has 1 fully saturated rings. The molecule has 0 amide bonds. The van der Waals surface area contributed by atoms with Crippen LogP contribution in [0.15, 0.2) is 6.20 Å². The fourth-order valence-electron chi connectivity index (χ4n) is 2.77. The van der Waals surface area contributed by atoms with Gasteiger partial charge < -0.3 is 10.1 Å². The molecule has 3 heterocycles. The average Bonchev–Trinajstić information content (AvgIpc) is 2.91. The normalized spacial score (nSPS) is 16.0. The molecule has 0 atom stereocenters. The zero-order chi connectivity index (χ0) is 14.8. The van der Waals surface area contributed by atoms with Crippen LogP contribution in [0, 0.1) is 18.3 Å². The minimum atomic E-state index is 0.334. The van der Waals surface area contributed by atoms with Gasteiger partial charge in [0.15, 0.2) is 5.65 Å². The Balaban J connectivity index is 2.09. The zero-order valence-electron chi connectivity index (χ0n) is 12.4. The fraction of sp³-hybridized carbons (Fsp3) is 0.533. The molecule has 0 unspecified atom stereocenters. The third-order valence-electron chi connectivity index (χ3n) is 3.95. The van der Waals surface area contributed by atoms with Gasteiger partial charge >= 0.3 is 0 Å². The second-order valence-electron chi connectivity index (χ2n) is 5.29. The van der Waals surface area contributed by atoms with E-state index in [2.05, 4.69) is 21.5 Å². The molecule has 1 saturated heterocycles. The Morgan fingerprint density at radius 1 is 1.48 bits per heavy atom. The number of ether oxygens (including phenoxy) is 1. The molecule has 110 valence electrons. The van der Waals surface area contributed by atoms with E-state index >= 15 is 0 Å². The van der Waals surface area contributed by atoms with Crippen molar-refractivity contribution in [3.63, 3.8) is 0 Å². The van der Waals surface area contributed by atoms with Gasteiger partial charge in [0.25, 0.3) is 0 Å². The van der Waals surface area contributed by atoms with Crippen LogP contribution in [-0.2, 0) is 11.3 Å². The SMILES string of the molecule is CCn1ncc2c(NC3CCOCC3)c(C#N)c(C)nc21. The molecule has 0 spiro atoms. The highest BCUT2D eigenvalue weighted by atomic mass is 16.5. The average molecular weight is 285 g/mol. The lowest BCUT2D eigenvalue weighted by molar-refractivity contribution is 0.0905. The van der Waals surface area contributed by atoms with Crippen LogP contribution >= 0.6 is 0 Å². The largest absolute Gasteiger partial charge is 0.381 e. The molecule has 2 aromatic heterocycles. The number of hydrogen-bond donors (Lipinski definition) is 1. The summed E-state index contributed by atoms with van der Waals surface area (Å²) in [6.07, 6.45) is 3.71. The van der Waals surface area contributed by atoms with Crippen LogP contribution in [0.3, 0.4) is 0 Å². The van der Waals surface area contributed by atoms with Crippen LogP contribution in [0.1, 0.15) is 31.0 Å². The van der Waals surface area contributed by atoms with E-state index < -0.39 is 0 Å². The van der Waals surface area contributed by atoms with Gasteiger partial charge in [0.2, 0.25) is 0 Å². The number of hydrogen-bond acceptors (Lipinski definition) is 5. The third-order valence-corrected chi connectivity index (χ3v) is 3.95. The Hall–Kier alpha value is -2.13. The predicted octanol–water partition coefficient (Wildman–Crippen LogP) is 2.22. The molecule has 0 radical (unpaired) electrons. The van der Waals surface area contributed by atoms with E-state index in [9.17, 15) is 5.26 Å². The molecule has 1 N–H and O–H groups in total. The minimum Gasteiger partial charge on any atom is -0.381 e. The quantitative estimate of drug-likeness (QED) is 0.935. The van der Waals surface area contributed by atoms with Crippen molar-refractivity contribution in [2.75, 3.05) is 18.5 Å². The second kappa shape index (κ2) is 5.70. The highest BCUT2D eigenvalue weighted by Gasteiger charge is 2.20. The fourth-order valence-corrected chi connectivity index (χ4v) is 2.77. The van der Waals surface area contributed by atoms with Crippen molar-refractivity contribution in [3.05, 3.63) is 17.5 Å². The van der Waals surface area contributed by atoms with Crippen LogP contribution in [0.4, 0.5) is 5.69 Å². The summed E-state index contributed by atoms with van der Waals surface area (Å²) >= 11 is 0. The molecular formula is C15H19N5O. The van der Waals surface area contributed by atoms with Gasteiger partial charge in [-0.1, -0.05) is 0 Å². The van der Waals surface area contributed by atoms with E-state index in [1.165, 1.54) is 0 Å². The first-order valence-electron chi connectivity index (χ1n) is 7.35. The molecule has 0 aromatic carbocycles. The van der Waals surface area contributed by atoms with E-state index in [0.717, 1.165) is 55.0 Å². The molecule has 1 aliphatic rings. The van der Waals surface area contributed by atoms with Gasteiger partial charge in [-0.25, -0.2) is 9.67 Å². The van der Waals surface area contributed by atoms with Crippen molar-refractivity contribution >= 4 is 16.7 Å². The summed E-state index contributed by atoms with van der Waals surface area (Å²) in [5, 5.41) is 18.3. The van der Waals surface area contributed by atoms with Crippen molar-refractivity contribution in [1.29, 1.82) is 5.26 Å². The van der Waals surface area contributed by atoms with Crippen molar-refractivity contribution in [1.82, 2.24) is 14.8 Å². The molecule has 0 saturated carbocycles. The summed E-state index contributed by atoms with van der Waals surface area (Å²) < 4.78 is 7.25. The number of aryl methyl sites for hydroxylation is 2. The lowest BCUT2D eigenvalue weighted by Crippen LogP contribution is -2.28. The summed E-state index contributed by atoms with van der Waals surface area (Å²) in [6.45, 7) is 6.20. The third kappa shape index (κ3) is 2.45. The minimum absolute atomic E-state index is 0.334. The van der Waals surface area contributed by atoms with E-state index in [-0.39, 0.29) is 0 Å². The lowest BCUT2D eigenvalue weighted by atomic mass is 10.1. The number of nitrogens with zero attached hydrogens (tertiary/aromatic N) is 4. The summed E-state index contributed by atoms with van der Waals surface area (Å²) in [7, 11) is 0. The summed E-state index contributed by atoms with van der Waals surface area (Å²) in [4.78, 5) is 4.54. The maximum Gasteiger partial charge on any atom is 0.160 e. The first-order valence-corrected chi connectivity index (χ1v) is 7.35. The predicted molar refractivity (Wildman–Crippen MR) is 80.1 cm³/mol. The standard InChI is InChI=1S/C15H19N5O/c1-3-20-15-13(9-17-20)14(12(8-16)10(2)18-15)19-11-4-6-21-7-5-11/h9,11H,3-7H2,1-2H3,(H,18,19). The Labute approximate surface area is 123 Å². The number of nitrogens with one attached hydrogen (secondary N) is 1. The number of fused-ring (bicyclic) bond motifs is 1. The van der Waals surface area contributed by atoms with E-state index in [4.69, 9.17) is 4.74 Å². The van der Waals surface area contributed by atoms with Gasteiger partial charge in [0.1, 0.15) is 6.07 Å². The van der Waals surface area contributed by atoms with Crippen LogP contribution in [0.2, 0.25) is 0 Å². The highest BCUT2D eigenvalue weighted by Crippen LogP contribution is 2.29. The molecule has 3 rings (SSSR count). The monoisotopic (exact) mass is 285 g/mol. The molecule has 1 aliphatic heterocycles. The van der Waals surface area contributed by atoms with Gasteiger partial charge in [0.05, 0.1) is 28.5 Å². The molecule has 0 bridgehead atoms. The Morgan fingerprint density at radius 2 is 2.24 bits per heavy atom. The van der Waals surface area contributed by atoms with Gasteiger partial charge in [-0.15, -0.1) is 0 Å². The van der Waals surface area contributed by atoms with Crippen LogP contribution in [0.25, 0.3) is 11.0 Å². The number of anilines is 1. The summed E-state index contributed by atoms with van der Waals surface area (Å²) in [6, 6.07) is 2.61. The second-order valence-corrected chi connectivity index (χ2v) is 5.29. The van der Waals surface area contributed by atoms with Crippen LogP contribution in [-0.4, -0.2) is 34.0 Å². The number of rotatable bonds is 3. The Bertz CT molecular complexity index is 694. The van der Waals surface area contributed by atoms with Crippen LogP contribution in [0.5, 0.6) is 0 Å². The van der Waals surface area contributed by atoms with Gasteiger partial charge in [-0.05, 0) is 26.7 Å². The molecule has 21 heavy (non-hydrogen) atoms. The maximum atomic E-state index is 9.47. The molecule has 6 heteroatoms. The van der Waals surface area contributed by atoms with Gasteiger partial charge in [-0.3, -0.25) is 0 Å². The van der Waals surface area contributed by atoms with E-state index in [1.54, 1.807) is 6.20 Å². The van der Waals surface area contributed by atoms with Gasteiger partial charge in [0, 0.05) is 25.8 Å². The topological polar surface area (TPSA) is 75.8 Å². The first kappa shape index (κ1) is 13.8. The van der Waals surface area contributed by atoms with Crippen LogP contribution < -0.4 is 5.32 Å². The zero-order valence-corrected chi connectivity index (χ0v) is 12.4. The Kier molecular flexibility index (Phi) is 3.76. The lowest BCUT2D eigenvalue weighted by Gasteiger charge is -2.25. The summed E-state index contributed by atoms with van der Waals surface area (Å²) in [5.41, 5.74) is 3.06. The number of pyridine rings is 1. The van der Waals surface area contributed by atoms with E-state index in [1.807, 2.05) is 18.5 Å². The number of nitriles is 1. The number of aromatic nitrogens is 3. The highest BCUT2D eigenvalue weighted by molar-refractivity contribution is 5.92. The van der Waals surface area contributed by atoms with Crippen molar-refractivity contribution in [2.24, 2.45) is 0 Å². The smallest absolute Gasteiger partial charge is 0.160 e. The molecule has 2 aromatic rings. The molecule has 0 aliphatic carbocycles. The molecule has 6 nitrogen and oxygen atoms in total. The maximum absolute atomic E-state index is 9.47. The van der Waals surface area contributed by atoms with Gasteiger partial charge in [-0.2, -0.15) is 10.4 Å². The summed E-state index contributed by atoms with van der Waals surface area (Å²) in [5.74, 6) is 0. The van der Waals surface area contributed by atoms with Crippen molar-refractivity contribution in [3.8, 4) is 6.07 Å². The first-order chi connectivity index (χ1) is 10.2.